The largest absolute Gasteiger partial charge is 0.478 e. The van der Waals surface area contributed by atoms with Crippen LogP contribution in [0.1, 0.15) is 30.6 Å². The van der Waals surface area contributed by atoms with Crippen molar-refractivity contribution in [2.45, 2.75) is 26.3 Å². The molecule has 1 heterocycles. The van der Waals surface area contributed by atoms with Gasteiger partial charge in [-0.3, -0.25) is 5.32 Å². The fraction of sp³-hybridized carbons (Fsp3) is 0.538. The lowest BCUT2D eigenvalue weighted by Crippen LogP contribution is -2.38. The second-order valence-corrected chi connectivity index (χ2v) is 5.50. The summed E-state index contributed by atoms with van der Waals surface area (Å²) in [5.74, 6) is -1.04. The van der Waals surface area contributed by atoms with Gasteiger partial charge < -0.3 is 15.3 Å². The van der Waals surface area contributed by atoms with E-state index in [4.69, 9.17) is 5.11 Å². The molecule has 0 fully saturated rings. The number of likely N-dealkylation sites (N-methyl/N-ethyl adjacent to an activating group) is 1. The Balaban J connectivity index is 2.37. The van der Waals surface area contributed by atoms with Gasteiger partial charge in [-0.25, -0.2) is 9.59 Å². The van der Waals surface area contributed by atoms with E-state index in [1.165, 1.54) is 17.4 Å². The highest BCUT2D eigenvalue weighted by atomic mass is 32.1. The highest BCUT2D eigenvalue weighted by Crippen LogP contribution is 2.22. The molecule has 1 rings (SSSR count). The Morgan fingerprint density at radius 2 is 2.20 bits per heavy atom. The molecule has 0 aromatic carbocycles. The molecule has 0 aliphatic heterocycles. The Labute approximate surface area is 122 Å². The molecular formula is C13H21N3O3S. The molecule has 1 aromatic heterocycles. The van der Waals surface area contributed by atoms with Gasteiger partial charge in [0.2, 0.25) is 0 Å². The Hall–Kier alpha value is -1.60. The summed E-state index contributed by atoms with van der Waals surface area (Å²) in [6, 6.07) is 1.56. The van der Waals surface area contributed by atoms with E-state index >= 15 is 0 Å². The molecule has 3 N–H and O–H groups in total. The minimum Gasteiger partial charge on any atom is -0.478 e. The quantitative estimate of drug-likeness (QED) is 0.721. The summed E-state index contributed by atoms with van der Waals surface area (Å²) in [7, 11) is 2.01. The third-order valence-corrected chi connectivity index (χ3v) is 4.05. The number of carbonyl (C=O) groups excluding carboxylic acids is 1. The standard InChI is InChI=1S/C13H21N3O3S/c1-4-9(2)16(3)7-6-14-13(19)15-11-10(12(17)18)5-8-20-11/h5,8-9H,4,6-7H2,1-3H3,(H,17,18)(H2,14,15,19). The van der Waals surface area contributed by atoms with Gasteiger partial charge in [0.1, 0.15) is 5.00 Å². The molecule has 0 spiro atoms. The average molecular weight is 299 g/mol. The third-order valence-electron chi connectivity index (χ3n) is 3.22. The van der Waals surface area contributed by atoms with Gasteiger partial charge in [0.25, 0.3) is 0 Å². The number of nitrogens with one attached hydrogen (secondary N) is 2. The van der Waals surface area contributed by atoms with Crippen molar-refractivity contribution in [2.75, 3.05) is 25.5 Å². The van der Waals surface area contributed by atoms with Crippen LogP contribution in [-0.2, 0) is 0 Å². The monoisotopic (exact) mass is 299 g/mol. The number of rotatable bonds is 7. The third kappa shape index (κ3) is 4.82. The lowest BCUT2D eigenvalue weighted by atomic mass is 10.2. The SMILES string of the molecule is CCC(C)N(C)CCNC(=O)Nc1sccc1C(=O)O. The van der Waals surface area contributed by atoms with Crippen LogP contribution in [0.5, 0.6) is 0 Å². The van der Waals surface area contributed by atoms with Crippen molar-refractivity contribution in [1.82, 2.24) is 10.2 Å². The van der Waals surface area contributed by atoms with Crippen LogP contribution in [0.25, 0.3) is 0 Å². The summed E-state index contributed by atoms with van der Waals surface area (Å²) in [4.78, 5) is 24.7. The Kier molecular flexibility index (Phi) is 6.47. The zero-order valence-electron chi connectivity index (χ0n) is 12.0. The number of urea groups is 1. The molecule has 0 bridgehead atoms. The van der Waals surface area contributed by atoms with Gasteiger partial charge in [0.05, 0.1) is 5.56 Å². The van der Waals surface area contributed by atoms with E-state index < -0.39 is 5.97 Å². The van der Waals surface area contributed by atoms with Crippen molar-refractivity contribution in [3.8, 4) is 0 Å². The molecule has 1 atom stereocenters. The maximum absolute atomic E-state index is 11.7. The van der Waals surface area contributed by atoms with Gasteiger partial charge in [-0.1, -0.05) is 6.92 Å². The summed E-state index contributed by atoms with van der Waals surface area (Å²) in [6.07, 6.45) is 1.06. The van der Waals surface area contributed by atoms with Crippen LogP contribution < -0.4 is 10.6 Å². The molecule has 0 radical (unpaired) electrons. The number of hydrogen-bond donors (Lipinski definition) is 3. The first-order valence-electron chi connectivity index (χ1n) is 6.51. The number of carboxylic acid groups (broad SMARTS) is 1. The van der Waals surface area contributed by atoms with Crippen molar-refractivity contribution in [3.05, 3.63) is 17.0 Å². The molecule has 20 heavy (non-hydrogen) atoms. The van der Waals surface area contributed by atoms with E-state index in [-0.39, 0.29) is 11.6 Å². The van der Waals surface area contributed by atoms with Crippen LogP contribution in [0.4, 0.5) is 9.80 Å². The van der Waals surface area contributed by atoms with Crippen LogP contribution in [0, 0.1) is 0 Å². The molecule has 1 aromatic rings. The van der Waals surface area contributed by atoms with Crippen molar-refractivity contribution in [2.24, 2.45) is 0 Å². The highest BCUT2D eigenvalue weighted by Gasteiger charge is 2.13. The van der Waals surface area contributed by atoms with Crippen LogP contribution in [0.2, 0.25) is 0 Å². The molecule has 6 nitrogen and oxygen atoms in total. The molecule has 0 aliphatic carbocycles. The predicted molar refractivity (Wildman–Crippen MR) is 80.7 cm³/mol. The number of nitrogens with zero attached hydrogens (tertiary/aromatic N) is 1. The number of carboxylic acids is 1. The van der Waals surface area contributed by atoms with Gasteiger partial charge in [-0.05, 0) is 31.8 Å². The molecule has 0 saturated carbocycles. The number of amides is 2. The van der Waals surface area contributed by atoms with Gasteiger partial charge in [0.15, 0.2) is 0 Å². The zero-order valence-corrected chi connectivity index (χ0v) is 12.8. The normalized spacial score (nSPS) is 12.2. The summed E-state index contributed by atoms with van der Waals surface area (Å²) in [5.41, 5.74) is 0.113. The summed E-state index contributed by atoms with van der Waals surface area (Å²) >= 11 is 1.19. The van der Waals surface area contributed by atoms with Crippen molar-refractivity contribution in [1.29, 1.82) is 0 Å². The number of thiophene rings is 1. The van der Waals surface area contributed by atoms with Crippen molar-refractivity contribution in [3.63, 3.8) is 0 Å². The highest BCUT2D eigenvalue weighted by molar-refractivity contribution is 7.14. The fourth-order valence-corrected chi connectivity index (χ4v) is 2.37. The van der Waals surface area contributed by atoms with Crippen LogP contribution >= 0.6 is 11.3 Å². The first kappa shape index (κ1) is 16.5. The maximum atomic E-state index is 11.7. The van der Waals surface area contributed by atoms with Crippen LogP contribution in [0.3, 0.4) is 0 Å². The molecular weight excluding hydrogens is 278 g/mol. The number of aromatic carboxylic acids is 1. The summed E-state index contributed by atoms with van der Waals surface area (Å²) < 4.78 is 0. The van der Waals surface area contributed by atoms with E-state index in [2.05, 4.69) is 29.4 Å². The van der Waals surface area contributed by atoms with Gasteiger partial charge in [0, 0.05) is 19.1 Å². The lowest BCUT2D eigenvalue weighted by molar-refractivity contribution is 0.0698. The van der Waals surface area contributed by atoms with Crippen LogP contribution in [-0.4, -0.2) is 48.2 Å². The Morgan fingerprint density at radius 1 is 1.50 bits per heavy atom. The Bertz CT molecular complexity index is 461. The van der Waals surface area contributed by atoms with E-state index in [0.29, 0.717) is 17.6 Å². The second kappa shape index (κ2) is 7.86. The minimum absolute atomic E-state index is 0.113. The van der Waals surface area contributed by atoms with E-state index in [1.54, 1.807) is 5.38 Å². The summed E-state index contributed by atoms with van der Waals surface area (Å²) in [5, 5.41) is 16.2. The first-order valence-corrected chi connectivity index (χ1v) is 7.39. The second-order valence-electron chi connectivity index (χ2n) is 4.59. The minimum atomic E-state index is -1.04. The molecule has 0 saturated heterocycles. The topological polar surface area (TPSA) is 81.7 Å². The van der Waals surface area contributed by atoms with E-state index in [0.717, 1.165) is 13.0 Å². The van der Waals surface area contributed by atoms with Gasteiger partial charge >= 0.3 is 12.0 Å². The smallest absolute Gasteiger partial charge is 0.338 e. The predicted octanol–water partition coefficient (Wildman–Crippen LogP) is 2.30. The Morgan fingerprint density at radius 3 is 2.80 bits per heavy atom. The first-order chi connectivity index (χ1) is 9.45. The average Bonchev–Trinajstić information content (AvgIpc) is 2.85. The fourth-order valence-electron chi connectivity index (χ4n) is 1.60. The van der Waals surface area contributed by atoms with E-state index in [9.17, 15) is 9.59 Å². The number of anilines is 1. The zero-order chi connectivity index (χ0) is 15.1. The van der Waals surface area contributed by atoms with Crippen molar-refractivity contribution < 1.29 is 14.7 Å². The molecule has 112 valence electrons. The van der Waals surface area contributed by atoms with E-state index in [1.807, 2.05) is 7.05 Å². The number of carbonyl (C=O) groups is 2. The van der Waals surface area contributed by atoms with Gasteiger partial charge in [-0.15, -0.1) is 11.3 Å². The molecule has 1 unspecified atom stereocenters. The molecule has 0 aliphatic rings. The summed E-state index contributed by atoms with van der Waals surface area (Å²) in [6.45, 7) is 5.51. The molecule has 2 amide bonds. The van der Waals surface area contributed by atoms with Crippen molar-refractivity contribution >= 4 is 28.3 Å². The lowest BCUT2D eigenvalue weighted by Gasteiger charge is -2.23. The number of hydrogen-bond acceptors (Lipinski definition) is 4. The van der Waals surface area contributed by atoms with Gasteiger partial charge in [-0.2, -0.15) is 0 Å². The molecule has 7 heteroatoms. The maximum Gasteiger partial charge on any atom is 0.338 e. The van der Waals surface area contributed by atoms with Crippen LogP contribution in [0.15, 0.2) is 11.4 Å².